The lowest BCUT2D eigenvalue weighted by molar-refractivity contribution is -0.116. The third kappa shape index (κ3) is 3.39. The van der Waals surface area contributed by atoms with Gasteiger partial charge < -0.3 is 9.64 Å². The zero-order chi connectivity index (χ0) is 21.5. The molecular formula is C25H23N3O3. The van der Waals surface area contributed by atoms with Gasteiger partial charge in [-0.25, -0.2) is 4.98 Å². The summed E-state index contributed by atoms with van der Waals surface area (Å²) in [6.07, 6.45) is 1.81. The van der Waals surface area contributed by atoms with Gasteiger partial charge in [-0.2, -0.15) is 0 Å². The lowest BCUT2D eigenvalue weighted by Crippen LogP contribution is -2.37. The van der Waals surface area contributed by atoms with E-state index in [0.29, 0.717) is 30.2 Å². The lowest BCUT2D eigenvalue weighted by Gasteiger charge is -2.29. The lowest BCUT2D eigenvalue weighted by atomic mass is 10.1. The van der Waals surface area contributed by atoms with Crippen molar-refractivity contribution in [2.75, 3.05) is 36.1 Å². The summed E-state index contributed by atoms with van der Waals surface area (Å²) in [5.41, 5.74) is 4.39. The first-order valence-electron chi connectivity index (χ1n) is 10.4. The third-order valence-electron chi connectivity index (χ3n) is 5.76. The summed E-state index contributed by atoms with van der Waals surface area (Å²) in [7, 11) is 0. The number of amides is 1. The molecule has 0 bridgehead atoms. The molecule has 1 aromatic heterocycles. The summed E-state index contributed by atoms with van der Waals surface area (Å²) in [5, 5.41) is 1.00. The number of allylic oxidation sites excluding steroid dienone is 1. The monoisotopic (exact) mass is 413 g/mol. The van der Waals surface area contributed by atoms with Crippen molar-refractivity contribution in [3.63, 3.8) is 0 Å². The fourth-order valence-electron chi connectivity index (χ4n) is 4.28. The molecule has 6 nitrogen and oxygen atoms in total. The Balaban J connectivity index is 1.70. The highest BCUT2D eigenvalue weighted by Gasteiger charge is 2.34. The first kappa shape index (κ1) is 19.5. The van der Waals surface area contributed by atoms with Crippen LogP contribution in [0.15, 0.2) is 54.2 Å². The number of morpholine rings is 1. The van der Waals surface area contributed by atoms with Crippen LogP contribution >= 0.6 is 0 Å². The Morgan fingerprint density at radius 2 is 1.87 bits per heavy atom. The highest BCUT2D eigenvalue weighted by Crippen LogP contribution is 2.37. The van der Waals surface area contributed by atoms with Crippen LogP contribution < -0.4 is 9.80 Å². The maximum absolute atomic E-state index is 13.2. The number of benzene rings is 2. The topological polar surface area (TPSA) is 62.7 Å². The first-order chi connectivity index (χ1) is 15.0. The van der Waals surface area contributed by atoms with Crippen LogP contribution in [0, 0.1) is 6.92 Å². The van der Waals surface area contributed by atoms with Crippen LogP contribution in [0.4, 0.5) is 11.5 Å². The molecule has 5 rings (SSSR count). The SMILES string of the molecule is CC(=O)N1/C(=C/c2cc3cc(C)ccc3nc2N2CCOCC2)C(=O)c2ccccc21. The van der Waals surface area contributed by atoms with Gasteiger partial charge >= 0.3 is 0 Å². The van der Waals surface area contributed by atoms with Gasteiger partial charge in [-0.3, -0.25) is 14.5 Å². The van der Waals surface area contributed by atoms with Crippen molar-refractivity contribution in [1.82, 2.24) is 4.98 Å². The third-order valence-corrected chi connectivity index (χ3v) is 5.76. The number of ketones is 1. The number of pyridine rings is 1. The van der Waals surface area contributed by atoms with E-state index >= 15 is 0 Å². The van der Waals surface area contributed by atoms with Gasteiger partial charge in [0, 0.05) is 36.5 Å². The van der Waals surface area contributed by atoms with E-state index in [4.69, 9.17) is 9.72 Å². The molecule has 2 aliphatic rings. The second-order valence-corrected chi connectivity index (χ2v) is 7.93. The molecule has 156 valence electrons. The molecule has 0 unspecified atom stereocenters. The Kier molecular flexibility index (Phi) is 4.79. The molecule has 31 heavy (non-hydrogen) atoms. The van der Waals surface area contributed by atoms with Gasteiger partial charge in [0.05, 0.1) is 30.1 Å². The van der Waals surface area contributed by atoms with E-state index in [1.807, 2.05) is 37.3 Å². The first-order valence-corrected chi connectivity index (χ1v) is 10.4. The van der Waals surface area contributed by atoms with Gasteiger partial charge in [0.25, 0.3) is 0 Å². The Bertz CT molecular complexity index is 1240. The van der Waals surface area contributed by atoms with Crippen LogP contribution in [0.3, 0.4) is 0 Å². The molecule has 0 aliphatic carbocycles. The van der Waals surface area contributed by atoms with Crippen molar-refractivity contribution in [2.24, 2.45) is 0 Å². The van der Waals surface area contributed by atoms with Gasteiger partial charge in [-0.15, -0.1) is 0 Å². The van der Waals surface area contributed by atoms with E-state index in [9.17, 15) is 9.59 Å². The molecule has 0 atom stereocenters. The minimum Gasteiger partial charge on any atom is -0.378 e. The minimum atomic E-state index is -0.193. The predicted octanol–water partition coefficient (Wildman–Crippen LogP) is 3.97. The molecule has 0 spiro atoms. The van der Waals surface area contributed by atoms with Crippen LogP contribution in [0.5, 0.6) is 0 Å². The van der Waals surface area contributed by atoms with Gasteiger partial charge in [0.2, 0.25) is 11.7 Å². The molecule has 2 aliphatic heterocycles. The molecule has 1 amide bonds. The number of ether oxygens (including phenoxy) is 1. The molecule has 0 N–H and O–H groups in total. The molecule has 3 aromatic rings. The molecule has 1 saturated heterocycles. The Morgan fingerprint density at radius 3 is 2.65 bits per heavy atom. The maximum atomic E-state index is 13.2. The summed E-state index contributed by atoms with van der Waals surface area (Å²) < 4.78 is 5.51. The molecule has 0 radical (unpaired) electrons. The van der Waals surface area contributed by atoms with Crippen molar-refractivity contribution in [3.05, 3.63) is 70.9 Å². The molecule has 0 saturated carbocycles. The van der Waals surface area contributed by atoms with E-state index in [2.05, 4.69) is 17.0 Å². The molecule has 1 fully saturated rings. The number of aromatic nitrogens is 1. The largest absolute Gasteiger partial charge is 0.378 e. The van der Waals surface area contributed by atoms with E-state index in [1.54, 1.807) is 12.1 Å². The number of para-hydroxylation sites is 1. The quantitative estimate of drug-likeness (QED) is 0.595. The maximum Gasteiger partial charge on any atom is 0.228 e. The molecular weight excluding hydrogens is 390 g/mol. The molecule has 3 heterocycles. The average Bonchev–Trinajstić information content (AvgIpc) is 3.06. The number of rotatable bonds is 2. The number of carbonyl (C=O) groups is 2. The predicted molar refractivity (Wildman–Crippen MR) is 121 cm³/mol. The molecule has 2 aromatic carbocycles. The number of carbonyl (C=O) groups excluding carboxylic acids is 2. The van der Waals surface area contributed by atoms with Gasteiger partial charge in [-0.05, 0) is 43.3 Å². The van der Waals surface area contributed by atoms with Crippen LogP contribution in [-0.4, -0.2) is 43.0 Å². The zero-order valence-corrected chi connectivity index (χ0v) is 17.6. The standard InChI is InChI=1S/C25H23N3O3/c1-16-7-8-21-18(13-16)14-19(25(26-21)27-9-11-31-12-10-27)15-23-24(30)20-5-3-4-6-22(20)28(23)17(2)29/h3-8,13-15H,9-12H2,1-2H3/b23-15+. The number of anilines is 2. The summed E-state index contributed by atoms with van der Waals surface area (Å²) in [5.74, 6) is 0.463. The number of hydrogen-bond donors (Lipinski definition) is 0. The Hall–Kier alpha value is -3.51. The summed E-state index contributed by atoms with van der Waals surface area (Å²) in [6, 6.07) is 15.4. The highest BCUT2D eigenvalue weighted by atomic mass is 16.5. The number of fused-ring (bicyclic) bond motifs is 2. The fraction of sp³-hybridized carbons (Fsp3) is 0.240. The normalized spacial score (nSPS) is 17.5. The zero-order valence-electron chi connectivity index (χ0n) is 17.6. The van der Waals surface area contributed by atoms with E-state index in [1.165, 1.54) is 11.8 Å². The van der Waals surface area contributed by atoms with Crippen molar-refractivity contribution in [1.29, 1.82) is 0 Å². The van der Waals surface area contributed by atoms with E-state index in [0.717, 1.165) is 40.9 Å². The molecule has 6 heteroatoms. The van der Waals surface area contributed by atoms with Gasteiger partial charge in [-0.1, -0.05) is 23.8 Å². The Labute approximate surface area is 180 Å². The van der Waals surface area contributed by atoms with Crippen molar-refractivity contribution in [3.8, 4) is 0 Å². The number of Topliss-reactive ketones (excluding diaryl/α,β-unsaturated/α-hetero) is 1. The van der Waals surface area contributed by atoms with Gasteiger partial charge in [0.1, 0.15) is 5.82 Å². The fourth-order valence-corrected chi connectivity index (χ4v) is 4.28. The van der Waals surface area contributed by atoms with Crippen LogP contribution in [0.1, 0.15) is 28.4 Å². The van der Waals surface area contributed by atoms with Crippen molar-refractivity contribution >= 4 is 40.2 Å². The van der Waals surface area contributed by atoms with Crippen LogP contribution in [-0.2, 0) is 9.53 Å². The second kappa shape index (κ2) is 7.63. The van der Waals surface area contributed by atoms with Crippen molar-refractivity contribution < 1.29 is 14.3 Å². The number of aryl methyl sites for hydroxylation is 1. The van der Waals surface area contributed by atoms with E-state index < -0.39 is 0 Å². The van der Waals surface area contributed by atoms with Crippen molar-refractivity contribution in [2.45, 2.75) is 13.8 Å². The number of hydrogen-bond acceptors (Lipinski definition) is 5. The van der Waals surface area contributed by atoms with Gasteiger partial charge in [0.15, 0.2) is 0 Å². The minimum absolute atomic E-state index is 0.150. The Morgan fingerprint density at radius 1 is 1.10 bits per heavy atom. The summed E-state index contributed by atoms with van der Waals surface area (Å²) in [4.78, 5) is 34.3. The van der Waals surface area contributed by atoms with Crippen LogP contribution in [0.25, 0.3) is 17.0 Å². The average molecular weight is 413 g/mol. The smallest absolute Gasteiger partial charge is 0.228 e. The summed E-state index contributed by atoms with van der Waals surface area (Å²) in [6.45, 7) is 6.24. The number of nitrogens with zero attached hydrogens (tertiary/aromatic N) is 3. The highest BCUT2D eigenvalue weighted by molar-refractivity contribution is 6.26. The summed E-state index contributed by atoms with van der Waals surface area (Å²) >= 11 is 0. The second-order valence-electron chi connectivity index (χ2n) is 7.93. The van der Waals surface area contributed by atoms with E-state index in [-0.39, 0.29) is 11.7 Å². The van der Waals surface area contributed by atoms with Crippen LogP contribution in [0.2, 0.25) is 0 Å².